The Bertz CT molecular complexity index is 1100. The molecule has 7 N–H and O–H groups in total. The molecule has 13 nitrogen and oxygen atoms in total. The van der Waals surface area contributed by atoms with Gasteiger partial charge >= 0.3 is 13.6 Å². The number of carbonyl (C=O) groups excluding carboxylic acids is 2. The molecule has 2 unspecified atom stereocenters. The average molecular weight is 820 g/mol. The van der Waals surface area contributed by atoms with Gasteiger partial charge in [-0.2, -0.15) is 0 Å². The Hall–Kier alpha value is -1.60. The Morgan fingerprint density at radius 2 is 1.09 bits per heavy atom. The molecule has 0 aromatic carbocycles. The van der Waals surface area contributed by atoms with Crippen LogP contribution in [0.4, 0.5) is 0 Å². The third-order valence-electron chi connectivity index (χ3n) is 11.3. The minimum absolute atomic E-state index is 0.0661. The molecule has 1 aliphatic rings. The van der Waals surface area contributed by atoms with Gasteiger partial charge in [-0.3, -0.25) is 19.1 Å². The number of likely N-dealkylation sites (tertiary alicyclic amines) is 1. The van der Waals surface area contributed by atoms with E-state index in [0.717, 1.165) is 19.3 Å². The molecule has 0 saturated carbocycles. The lowest BCUT2D eigenvalue weighted by Crippen LogP contribution is -2.55. The van der Waals surface area contributed by atoms with E-state index in [-0.39, 0.29) is 25.4 Å². The number of nitrogens with one attached hydrogen (secondary N) is 2. The fraction of sp³-hybridized carbons (Fsp3) is 0.929. The second kappa shape index (κ2) is 31.3. The third-order valence-corrected chi connectivity index (χ3v) is 12.6. The van der Waals surface area contributed by atoms with Gasteiger partial charge in [-0.25, -0.2) is 4.79 Å². The lowest BCUT2D eigenvalue weighted by Gasteiger charge is -2.31. The van der Waals surface area contributed by atoms with Gasteiger partial charge in [0, 0.05) is 26.4 Å². The van der Waals surface area contributed by atoms with Crippen LogP contribution in [0.15, 0.2) is 0 Å². The monoisotopic (exact) mass is 820 g/mol. The summed E-state index contributed by atoms with van der Waals surface area (Å²) in [6.07, 6.45) is 29.2. The van der Waals surface area contributed by atoms with Crippen LogP contribution < -0.4 is 10.6 Å². The Morgan fingerprint density at radius 1 is 0.696 bits per heavy atom. The molecule has 0 bridgehead atoms. The summed E-state index contributed by atoms with van der Waals surface area (Å²) >= 11 is 0. The second-order valence-corrected chi connectivity index (χ2v) is 18.5. The number of aliphatic hydroxyl groups is 3. The molecule has 0 aliphatic carbocycles. The first-order valence-corrected chi connectivity index (χ1v) is 24.0. The van der Waals surface area contributed by atoms with Gasteiger partial charge in [0.15, 0.2) is 5.54 Å². The van der Waals surface area contributed by atoms with Crippen molar-refractivity contribution < 1.29 is 48.8 Å². The second-order valence-electron chi connectivity index (χ2n) is 16.5. The van der Waals surface area contributed by atoms with E-state index in [4.69, 9.17) is 4.52 Å². The number of amides is 2. The fourth-order valence-corrected chi connectivity index (χ4v) is 8.68. The molecule has 0 aromatic rings. The summed E-state index contributed by atoms with van der Waals surface area (Å²) in [6.45, 7) is 3.20. The van der Waals surface area contributed by atoms with E-state index in [2.05, 4.69) is 17.6 Å². The number of hydrogen-bond acceptors (Lipinski definition) is 9. The predicted molar refractivity (Wildman–Crippen MR) is 223 cm³/mol. The number of unbranched alkanes of at least 4 members (excludes halogenated alkanes) is 24. The third kappa shape index (κ3) is 23.7. The molecule has 14 heteroatoms. The lowest BCUT2D eigenvalue weighted by atomic mass is 10.0. The Balaban J connectivity index is 2.12. The van der Waals surface area contributed by atoms with E-state index in [1.54, 1.807) is 0 Å². The van der Waals surface area contributed by atoms with Gasteiger partial charge in [-0.05, 0) is 13.3 Å². The Labute approximate surface area is 339 Å². The van der Waals surface area contributed by atoms with E-state index in [1.165, 1.54) is 154 Å². The van der Waals surface area contributed by atoms with Gasteiger partial charge in [0.2, 0.25) is 11.8 Å². The highest BCUT2D eigenvalue weighted by molar-refractivity contribution is 7.52. The molecule has 6 atom stereocenters. The van der Waals surface area contributed by atoms with E-state index < -0.39 is 68.7 Å². The van der Waals surface area contributed by atoms with Crippen LogP contribution in [0.25, 0.3) is 0 Å². The van der Waals surface area contributed by atoms with Gasteiger partial charge in [0.1, 0.15) is 0 Å². The van der Waals surface area contributed by atoms with Crippen molar-refractivity contribution in [2.75, 3.05) is 32.5 Å². The van der Waals surface area contributed by atoms with Crippen molar-refractivity contribution in [1.29, 1.82) is 0 Å². The SMILES string of the molecule is CCCCCCCCCCCCCCCCCCCCCCCCCCCC(=O)NC(C)(COP(=O)(O)CCN1[C@H](CO)[C@@H](O)[C@H](O)[C@H]1CNC(C)=O)C(=O)O. The zero-order valence-electron chi connectivity index (χ0n) is 35.4. The number of nitrogens with zero attached hydrogens (tertiary/aromatic N) is 1. The standard InChI is InChI=1S/C42H82N3O10P/c1-4-5-6-7-8-9-10-11-12-13-14-15-16-17-18-19-20-21-22-23-24-25-26-27-28-29-38(48)44-42(3,41(51)52)34-55-56(53,54)31-30-45-36(32-43-35(2)47)39(49)40(50)37(45)33-46/h36-37,39-40,46,49-50H,4-34H2,1-3H3,(H,43,47)(H,44,48)(H,51,52)(H,53,54)/t36-,37-,39-,40-,42?/m1/s1. The van der Waals surface area contributed by atoms with Crippen molar-refractivity contribution in [2.24, 2.45) is 0 Å². The molecule has 1 aliphatic heterocycles. The molecule has 1 rings (SSSR count). The first-order valence-electron chi connectivity index (χ1n) is 22.3. The lowest BCUT2D eigenvalue weighted by molar-refractivity contribution is -0.148. The van der Waals surface area contributed by atoms with E-state index in [1.807, 2.05) is 0 Å². The number of carbonyl (C=O) groups is 3. The van der Waals surface area contributed by atoms with Crippen molar-refractivity contribution in [2.45, 2.75) is 218 Å². The minimum atomic E-state index is -4.42. The van der Waals surface area contributed by atoms with E-state index in [9.17, 15) is 44.3 Å². The van der Waals surface area contributed by atoms with Gasteiger partial charge in [-0.1, -0.05) is 161 Å². The van der Waals surface area contributed by atoms with E-state index >= 15 is 0 Å². The van der Waals surface area contributed by atoms with E-state index in [0.29, 0.717) is 6.42 Å². The summed E-state index contributed by atoms with van der Waals surface area (Å²) < 4.78 is 18.1. The maximum atomic E-state index is 12.9. The largest absolute Gasteiger partial charge is 0.479 e. The zero-order chi connectivity index (χ0) is 41.7. The van der Waals surface area contributed by atoms with Crippen LogP contribution in [-0.2, 0) is 23.5 Å². The topological polar surface area (TPSA) is 206 Å². The van der Waals surface area contributed by atoms with Gasteiger partial charge in [-0.15, -0.1) is 0 Å². The molecule has 0 radical (unpaired) electrons. The van der Waals surface area contributed by atoms with Gasteiger partial charge in [0.25, 0.3) is 0 Å². The zero-order valence-corrected chi connectivity index (χ0v) is 36.3. The van der Waals surface area contributed by atoms with Crippen molar-refractivity contribution >= 4 is 25.4 Å². The van der Waals surface area contributed by atoms with Crippen molar-refractivity contribution in [3.05, 3.63) is 0 Å². The van der Waals surface area contributed by atoms with Crippen LogP contribution in [-0.4, -0.2) is 110 Å². The number of carboxylic acid groups (broad SMARTS) is 1. The molecule has 0 aromatic heterocycles. The van der Waals surface area contributed by atoms with Gasteiger partial charge < -0.3 is 40.5 Å². The summed E-state index contributed by atoms with van der Waals surface area (Å²) in [5, 5.41) is 45.3. The van der Waals surface area contributed by atoms with Crippen molar-refractivity contribution in [1.82, 2.24) is 15.5 Å². The summed E-state index contributed by atoms with van der Waals surface area (Å²) in [4.78, 5) is 48.0. The molecular formula is C42H82N3O10P. The first-order chi connectivity index (χ1) is 26.8. The van der Waals surface area contributed by atoms with Crippen LogP contribution in [0.2, 0.25) is 0 Å². The molecule has 1 fully saturated rings. The van der Waals surface area contributed by atoms with Crippen molar-refractivity contribution in [3.63, 3.8) is 0 Å². The van der Waals surface area contributed by atoms with Crippen LogP contribution in [0.5, 0.6) is 0 Å². The molecule has 2 amide bonds. The normalized spacial score (nSPS) is 20.8. The highest BCUT2D eigenvalue weighted by Crippen LogP contribution is 2.43. The van der Waals surface area contributed by atoms with Crippen LogP contribution in [0.1, 0.15) is 188 Å². The van der Waals surface area contributed by atoms with Crippen LogP contribution in [0.3, 0.4) is 0 Å². The summed E-state index contributed by atoms with van der Waals surface area (Å²) in [7, 11) is -4.42. The Kier molecular flexibility index (Phi) is 29.3. The predicted octanol–water partition coefficient (Wildman–Crippen LogP) is 7.21. The quantitative estimate of drug-likeness (QED) is 0.0246. The number of carboxylic acids is 1. The van der Waals surface area contributed by atoms with Crippen LogP contribution >= 0.6 is 7.60 Å². The van der Waals surface area contributed by atoms with Crippen LogP contribution in [0, 0.1) is 0 Å². The number of aliphatic hydroxyl groups excluding tert-OH is 3. The fourth-order valence-electron chi connectivity index (χ4n) is 7.61. The molecule has 56 heavy (non-hydrogen) atoms. The summed E-state index contributed by atoms with van der Waals surface area (Å²) in [6, 6.07) is -1.78. The first kappa shape index (κ1) is 52.4. The average Bonchev–Trinajstić information content (AvgIpc) is 3.39. The molecule has 0 spiro atoms. The maximum Gasteiger partial charge on any atom is 0.331 e. The van der Waals surface area contributed by atoms with Crippen molar-refractivity contribution in [3.8, 4) is 0 Å². The van der Waals surface area contributed by atoms with Gasteiger partial charge in [0.05, 0.1) is 43.7 Å². The smallest absolute Gasteiger partial charge is 0.331 e. The molecule has 1 heterocycles. The number of rotatable bonds is 37. The maximum absolute atomic E-state index is 12.9. The highest BCUT2D eigenvalue weighted by atomic mass is 31.2. The summed E-state index contributed by atoms with van der Waals surface area (Å²) in [5.41, 5.74) is -1.94. The number of hydrogen-bond donors (Lipinski definition) is 7. The molecule has 1 saturated heterocycles. The highest BCUT2D eigenvalue weighted by Gasteiger charge is 2.47. The molecular weight excluding hydrogens is 737 g/mol. The summed E-state index contributed by atoms with van der Waals surface area (Å²) in [5.74, 6) is -2.27. The number of aliphatic carboxylic acids is 1. The minimum Gasteiger partial charge on any atom is -0.479 e. The Morgan fingerprint density at radius 3 is 1.46 bits per heavy atom. The molecule has 330 valence electrons.